The molecule has 144 valence electrons. The molecule has 2 aromatic rings. The van der Waals surface area contributed by atoms with Crippen LogP contribution in [0.5, 0.6) is 11.5 Å². The van der Waals surface area contributed by atoms with E-state index in [0.29, 0.717) is 22.6 Å². The van der Waals surface area contributed by atoms with E-state index in [0.717, 1.165) is 16.7 Å². The maximum absolute atomic E-state index is 12.7. The second-order valence-corrected chi connectivity index (χ2v) is 6.79. The summed E-state index contributed by atoms with van der Waals surface area (Å²) in [6.07, 6.45) is 1.60. The summed E-state index contributed by atoms with van der Waals surface area (Å²) in [5, 5.41) is 10.3. The quantitative estimate of drug-likeness (QED) is 0.412. The predicted molar refractivity (Wildman–Crippen MR) is 104 cm³/mol. The van der Waals surface area contributed by atoms with Gasteiger partial charge in [0.25, 0.3) is 16.8 Å². The highest BCUT2D eigenvalue weighted by atomic mass is 32.2. The third-order valence-corrected chi connectivity index (χ3v) is 5.00. The molecule has 0 radical (unpaired) electrons. The first-order valence-electron chi connectivity index (χ1n) is 8.13. The molecule has 3 rings (SSSR count). The van der Waals surface area contributed by atoms with E-state index in [2.05, 4.69) is 0 Å². The molecule has 1 aliphatic rings. The number of carbonyl (C=O) groups is 2. The normalized spacial score (nSPS) is 15.2. The molecule has 0 bridgehead atoms. The van der Waals surface area contributed by atoms with Gasteiger partial charge in [-0.1, -0.05) is 12.1 Å². The third-order valence-electron chi connectivity index (χ3n) is 4.09. The van der Waals surface area contributed by atoms with Crippen LogP contribution in [0, 0.1) is 10.1 Å². The molecule has 0 N–H and O–H groups in total. The minimum Gasteiger partial charge on any atom is -0.497 e. The zero-order valence-electron chi connectivity index (χ0n) is 15.1. The van der Waals surface area contributed by atoms with Crippen molar-refractivity contribution < 1.29 is 24.0 Å². The van der Waals surface area contributed by atoms with Gasteiger partial charge in [0.2, 0.25) is 0 Å². The van der Waals surface area contributed by atoms with Crippen LogP contribution >= 0.6 is 11.8 Å². The van der Waals surface area contributed by atoms with Crippen LogP contribution in [-0.2, 0) is 11.3 Å². The van der Waals surface area contributed by atoms with E-state index < -0.39 is 16.1 Å². The molecule has 8 nitrogen and oxygen atoms in total. The number of imide groups is 1. The first-order chi connectivity index (χ1) is 13.4. The summed E-state index contributed by atoms with van der Waals surface area (Å²) in [4.78, 5) is 36.6. The fraction of sp³-hybridized carbons (Fsp3) is 0.158. The Morgan fingerprint density at radius 1 is 1.11 bits per heavy atom. The Balaban J connectivity index is 1.81. The summed E-state index contributed by atoms with van der Waals surface area (Å²) in [6, 6.07) is 10.9. The molecule has 0 saturated carbocycles. The summed E-state index contributed by atoms with van der Waals surface area (Å²) >= 11 is 0.837. The average Bonchev–Trinajstić information content (AvgIpc) is 2.96. The van der Waals surface area contributed by atoms with Gasteiger partial charge in [-0.05, 0) is 35.5 Å². The van der Waals surface area contributed by atoms with Crippen LogP contribution in [0.25, 0.3) is 6.08 Å². The van der Waals surface area contributed by atoms with Gasteiger partial charge in [0.15, 0.2) is 0 Å². The maximum atomic E-state index is 12.7. The van der Waals surface area contributed by atoms with Crippen molar-refractivity contribution in [3.63, 3.8) is 0 Å². The summed E-state index contributed by atoms with van der Waals surface area (Å²) < 4.78 is 10.5. The molecular formula is C19H16N2O6S. The molecule has 0 unspecified atom stereocenters. The van der Waals surface area contributed by atoms with Gasteiger partial charge in [-0.25, -0.2) is 0 Å². The number of ether oxygens (including phenoxy) is 2. The Labute approximate surface area is 164 Å². The molecule has 1 fully saturated rings. The summed E-state index contributed by atoms with van der Waals surface area (Å²) in [5.74, 6) is 0.702. The number of rotatable bonds is 6. The van der Waals surface area contributed by atoms with Crippen LogP contribution in [0.15, 0.2) is 47.4 Å². The number of carbonyl (C=O) groups excluding carboxylic acids is 2. The number of benzene rings is 2. The second-order valence-electron chi connectivity index (χ2n) is 5.80. The van der Waals surface area contributed by atoms with Gasteiger partial charge in [-0.2, -0.15) is 0 Å². The average molecular weight is 400 g/mol. The fourth-order valence-electron chi connectivity index (χ4n) is 2.62. The molecule has 28 heavy (non-hydrogen) atoms. The van der Waals surface area contributed by atoms with Crippen LogP contribution in [0.1, 0.15) is 11.1 Å². The molecule has 9 heteroatoms. The number of nitrogens with zero attached hydrogens (tertiary/aromatic N) is 2. The minimum absolute atomic E-state index is 0.0414. The second kappa shape index (κ2) is 8.13. The van der Waals surface area contributed by atoms with Crippen molar-refractivity contribution in [1.29, 1.82) is 0 Å². The largest absolute Gasteiger partial charge is 0.497 e. The van der Waals surface area contributed by atoms with E-state index in [1.165, 1.54) is 38.5 Å². The number of nitro groups is 1. The first-order valence-corrected chi connectivity index (χ1v) is 8.95. The summed E-state index contributed by atoms with van der Waals surface area (Å²) in [5.41, 5.74) is 1.21. The van der Waals surface area contributed by atoms with Gasteiger partial charge in [0.1, 0.15) is 11.5 Å². The lowest BCUT2D eigenvalue weighted by molar-refractivity contribution is -0.384. The van der Waals surface area contributed by atoms with Gasteiger partial charge >= 0.3 is 0 Å². The number of nitro benzene ring substituents is 1. The van der Waals surface area contributed by atoms with E-state index in [1.807, 2.05) is 0 Å². The number of methoxy groups -OCH3 is 2. The highest BCUT2D eigenvalue weighted by molar-refractivity contribution is 8.18. The maximum Gasteiger partial charge on any atom is 0.293 e. The van der Waals surface area contributed by atoms with Crippen LogP contribution in [-0.4, -0.2) is 35.2 Å². The van der Waals surface area contributed by atoms with Gasteiger partial charge in [0, 0.05) is 23.8 Å². The smallest absolute Gasteiger partial charge is 0.293 e. The lowest BCUT2D eigenvalue weighted by atomic mass is 10.1. The monoisotopic (exact) mass is 400 g/mol. The van der Waals surface area contributed by atoms with Crippen molar-refractivity contribution in [3.05, 3.63) is 68.6 Å². The van der Waals surface area contributed by atoms with Gasteiger partial charge < -0.3 is 9.47 Å². The van der Waals surface area contributed by atoms with Gasteiger partial charge in [-0.3, -0.25) is 24.6 Å². The topological polar surface area (TPSA) is 99.0 Å². The number of non-ortho nitro benzene ring substituents is 1. The SMILES string of the molecule is COc1ccc(/C=C2\SC(=O)N(Cc3ccc([N+](=O)[O-])cc3)C2=O)c(OC)c1. The lowest BCUT2D eigenvalue weighted by Crippen LogP contribution is -2.27. The van der Waals surface area contributed by atoms with Gasteiger partial charge in [-0.15, -0.1) is 0 Å². The van der Waals surface area contributed by atoms with E-state index in [4.69, 9.17) is 9.47 Å². The minimum atomic E-state index is -0.505. The number of hydrogen-bond acceptors (Lipinski definition) is 7. The fourth-order valence-corrected chi connectivity index (χ4v) is 3.45. The Morgan fingerprint density at radius 2 is 1.82 bits per heavy atom. The predicted octanol–water partition coefficient (Wildman–Crippen LogP) is 3.85. The van der Waals surface area contributed by atoms with Crippen molar-refractivity contribution in [1.82, 2.24) is 4.90 Å². The van der Waals surface area contributed by atoms with Crippen LogP contribution in [0.2, 0.25) is 0 Å². The Bertz CT molecular complexity index is 971. The van der Waals surface area contributed by atoms with Crippen molar-refractivity contribution >= 4 is 34.7 Å². The molecule has 1 heterocycles. The first kappa shape index (κ1) is 19.4. The molecule has 0 atom stereocenters. The highest BCUT2D eigenvalue weighted by Gasteiger charge is 2.35. The number of thioether (sulfide) groups is 1. The van der Waals surface area contributed by atoms with Crippen molar-refractivity contribution in [2.75, 3.05) is 14.2 Å². The molecule has 1 aliphatic heterocycles. The molecule has 2 amide bonds. The summed E-state index contributed by atoms with van der Waals surface area (Å²) in [7, 11) is 3.05. The Hall–Kier alpha value is -3.33. The number of amides is 2. The molecule has 0 spiro atoms. The molecule has 0 aromatic heterocycles. The van der Waals surface area contributed by atoms with Crippen LogP contribution < -0.4 is 9.47 Å². The molecule has 1 saturated heterocycles. The Kier molecular flexibility index (Phi) is 5.65. The van der Waals surface area contributed by atoms with E-state index >= 15 is 0 Å². The van der Waals surface area contributed by atoms with E-state index in [1.54, 1.807) is 24.3 Å². The van der Waals surface area contributed by atoms with E-state index in [-0.39, 0.29) is 17.1 Å². The van der Waals surface area contributed by atoms with Crippen LogP contribution in [0.3, 0.4) is 0 Å². The third kappa shape index (κ3) is 3.99. The standard InChI is InChI=1S/C19H16N2O6S/c1-26-15-8-5-13(16(10-15)27-2)9-17-18(22)20(19(23)28-17)11-12-3-6-14(7-4-12)21(24)25/h3-10H,11H2,1-2H3/b17-9-. The molecular weight excluding hydrogens is 384 g/mol. The van der Waals surface area contributed by atoms with Crippen LogP contribution in [0.4, 0.5) is 10.5 Å². The van der Waals surface area contributed by atoms with Crippen molar-refractivity contribution in [2.45, 2.75) is 6.54 Å². The van der Waals surface area contributed by atoms with Gasteiger partial charge in [0.05, 0.1) is 30.6 Å². The number of hydrogen-bond donors (Lipinski definition) is 0. The Morgan fingerprint density at radius 3 is 2.43 bits per heavy atom. The molecule has 2 aromatic carbocycles. The zero-order chi connectivity index (χ0) is 20.3. The van der Waals surface area contributed by atoms with Crippen molar-refractivity contribution in [3.8, 4) is 11.5 Å². The zero-order valence-corrected chi connectivity index (χ0v) is 15.9. The van der Waals surface area contributed by atoms with Crippen molar-refractivity contribution in [2.24, 2.45) is 0 Å². The van der Waals surface area contributed by atoms with E-state index in [9.17, 15) is 19.7 Å². The highest BCUT2D eigenvalue weighted by Crippen LogP contribution is 2.35. The lowest BCUT2D eigenvalue weighted by Gasteiger charge is -2.12. The summed E-state index contributed by atoms with van der Waals surface area (Å²) in [6.45, 7) is 0.0414. The molecule has 0 aliphatic carbocycles.